The third-order valence-electron chi connectivity index (χ3n) is 1.71. The average Bonchev–Trinajstić information content (AvgIpc) is 2.08. The van der Waals surface area contributed by atoms with Gasteiger partial charge in [0.25, 0.3) is 0 Å². The summed E-state index contributed by atoms with van der Waals surface area (Å²) in [6.07, 6.45) is 0.273. The van der Waals surface area contributed by atoms with E-state index < -0.39 is 12.0 Å². The van der Waals surface area contributed by atoms with Crippen LogP contribution in [-0.2, 0) is 11.2 Å². The number of phenolic OH excluding ortho intramolecular Hbond substituents is 1. The van der Waals surface area contributed by atoms with E-state index in [0.717, 1.165) is 5.56 Å². The molecule has 0 aliphatic rings. The van der Waals surface area contributed by atoms with Crippen molar-refractivity contribution in [3.63, 3.8) is 0 Å². The van der Waals surface area contributed by atoms with Crippen LogP contribution in [0.25, 0.3) is 0 Å². The second-order valence-electron chi connectivity index (χ2n) is 2.82. The van der Waals surface area contributed by atoms with Crippen molar-refractivity contribution >= 4 is 5.97 Å². The minimum atomic E-state index is -1.02. The van der Waals surface area contributed by atoms with Crippen LogP contribution in [0, 0.1) is 38.6 Å². The number of nitrogens with two attached hydrogens (primary N) is 1. The quantitative estimate of drug-likeness (QED) is 0.741. The van der Waals surface area contributed by atoms with Crippen LogP contribution in [0.5, 0.6) is 5.75 Å². The Labute approximate surface area is 113 Å². The van der Waals surface area contributed by atoms with Crippen molar-refractivity contribution in [2.45, 2.75) is 12.5 Å². The molecule has 4 N–H and O–H groups in total. The topological polar surface area (TPSA) is 83.5 Å². The molecule has 0 heterocycles. The van der Waals surface area contributed by atoms with Crippen LogP contribution in [0.1, 0.15) is 5.56 Å². The molecule has 0 aliphatic carbocycles. The van der Waals surface area contributed by atoms with Gasteiger partial charge in [0.1, 0.15) is 11.8 Å². The molecular weight excluding hydrogens is 329 g/mol. The average molecular weight is 340 g/mol. The van der Waals surface area contributed by atoms with Crippen molar-refractivity contribution < 1.29 is 53.6 Å². The van der Waals surface area contributed by atoms with Crippen LogP contribution in [0.4, 0.5) is 0 Å². The summed E-state index contributed by atoms with van der Waals surface area (Å²) >= 11 is 0. The predicted molar refractivity (Wildman–Crippen MR) is 47.4 cm³/mol. The zero-order chi connectivity index (χ0) is 9.84. The molecule has 0 aromatic heterocycles. The zero-order valence-electron chi connectivity index (χ0n) is 7.31. The van der Waals surface area contributed by atoms with Crippen molar-refractivity contribution in [2.24, 2.45) is 5.73 Å². The summed E-state index contributed by atoms with van der Waals surface area (Å²) in [5.74, 6) is -0.860. The van der Waals surface area contributed by atoms with Crippen molar-refractivity contribution in [2.75, 3.05) is 0 Å². The fourth-order valence-electron chi connectivity index (χ4n) is 0.973. The van der Waals surface area contributed by atoms with Gasteiger partial charge < -0.3 is 15.9 Å². The summed E-state index contributed by atoms with van der Waals surface area (Å²) in [7, 11) is 0. The second kappa shape index (κ2) is 6.26. The van der Waals surface area contributed by atoms with E-state index >= 15 is 0 Å². The standard InChI is InChI=1S/C9H11NO3.Tb/c10-8(9(12)13)5-6-1-3-7(11)4-2-6;/h1-4,8,11H,5,10H2,(H,12,13);/t8-;/m0./s1. The predicted octanol–water partition coefficient (Wildman–Crippen LogP) is 0.347. The first-order valence-corrected chi connectivity index (χ1v) is 3.86. The molecule has 0 saturated heterocycles. The van der Waals surface area contributed by atoms with Crippen molar-refractivity contribution in [1.29, 1.82) is 0 Å². The molecular formula is C9H11NO3Tb. The van der Waals surface area contributed by atoms with Gasteiger partial charge in [-0.25, -0.2) is 0 Å². The second-order valence-corrected chi connectivity index (χ2v) is 2.82. The number of aliphatic carboxylic acids is 1. The molecule has 0 spiro atoms. The van der Waals surface area contributed by atoms with Gasteiger partial charge in [-0.3, -0.25) is 4.79 Å². The van der Waals surface area contributed by atoms with Gasteiger partial charge in [-0.2, -0.15) is 0 Å². The van der Waals surface area contributed by atoms with Gasteiger partial charge in [0.15, 0.2) is 0 Å². The molecule has 0 amide bonds. The molecule has 0 fully saturated rings. The van der Waals surface area contributed by atoms with E-state index in [-0.39, 0.29) is 50.8 Å². The van der Waals surface area contributed by atoms with E-state index in [1.54, 1.807) is 12.1 Å². The smallest absolute Gasteiger partial charge is 0.320 e. The van der Waals surface area contributed by atoms with Crippen molar-refractivity contribution in [1.82, 2.24) is 0 Å². The number of hydrogen-bond acceptors (Lipinski definition) is 3. The maximum atomic E-state index is 10.4. The van der Waals surface area contributed by atoms with E-state index in [1.165, 1.54) is 12.1 Å². The number of phenols is 1. The van der Waals surface area contributed by atoms with Crippen LogP contribution in [0.3, 0.4) is 0 Å². The molecule has 0 unspecified atom stereocenters. The molecule has 79 valence electrons. The summed E-state index contributed by atoms with van der Waals surface area (Å²) in [6.45, 7) is 0. The van der Waals surface area contributed by atoms with Gasteiger partial charge in [-0.05, 0) is 24.1 Å². The summed E-state index contributed by atoms with van der Waals surface area (Å²) in [4.78, 5) is 10.4. The molecule has 1 aromatic carbocycles. The zero-order valence-corrected chi connectivity index (χ0v) is 9.45. The number of carbonyl (C=O) groups is 1. The molecule has 1 atom stereocenters. The third kappa shape index (κ3) is 4.30. The number of rotatable bonds is 3. The van der Waals surface area contributed by atoms with Crippen molar-refractivity contribution in [3.8, 4) is 5.75 Å². The first kappa shape index (κ1) is 13.7. The first-order valence-electron chi connectivity index (χ1n) is 3.86. The third-order valence-corrected chi connectivity index (χ3v) is 1.71. The Bertz CT molecular complexity index is 299. The van der Waals surface area contributed by atoms with Gasteiger partial charge in [0, 0.05) is 38.6 Å². The number of benzene rings is 1. The van der Waals surface area contributed by atoms with Crippen LogP contribution in [-0.4, -0.2) is 22.2 Å². The van der Waals surface area contributed by atoms with E-state index in [9.17, 15) is 4.79 Å². The molecule has 14 heavy (non-hydrogen) atoms. The summed E-state index contributed by atoms with van der Waals surface area (Å²) < 4.78 is 0. The van der Waals surface area contributed by atoms with Crippen LogP contribution in [0.2, 0.25) is 0 Å². The normalized spacial score (nSPS) is 11.5. The summed E-state index contributed by atoms with van der Waals surface area (Å²) in [5.41, 5.74) is 6.12. The number of hydrogen-bond donors (Lipinski definition) is 3. The van der Waals surface area contributed by atoms with Gasteiger partial charge in [-0.1, -0.05) is 12.1 Å². The van der Waals surface area contributed by atoms with Crippen LogP contribution >= 0.6 is 0 Å². The SMILES string of the molecule is N[C@@H](Cc1ccc(O)cc1)C(=O)O.[Tb]. The van der Waals surface area contributed by atoms with E-state index in [4.69, 9.17) is 15.9 Å². The summed E-state index contributed by atoms with van der Waals surface area (Å²) in [6, 6.07) is 5.42. The maximum Gasteiger partial charge on any atom is 0.320 e. The van der Waals surface area contributed by atoms with Crippen LogP contribution in [0.15, 0.2) is 24.3 Å². The molecule has 1 radical (unpaired) electrons. The molecule has 4 nitrogen and oxygen atoms in total. The maximum absolute atomic E-state index is 10.4. The Morgan fingerprint density at radius 3 is 2.29 bits per heavy atom. The molecule has 5 heteroatoms. The largest absolute Gasteiger partial charge is 0.508 e. The van der Waals surface area contributed by atoms with E-state index in [2.05, 4.69) is 0 Å². The Morgan fingerprint density at radius 2 is 1.86 bits per heavy atom. The Hall–Kier alpha value is -0.264. The van der Waals surface area contributed by atoms with Crippen molar-refractivity contribution in [3.05, 3.63) is 29.8 Å². The Kier molecular flexibility index (Phi) is 6.14. The molecule has 0 saturated carbocycles. The monoisotopic (exact) mass is 340 g/mol. The number of carboxylic acid groups (broad SMARTS) is 1. The fourth-order valence-corrected chi connectivity index (χ4v) is 0.973. The first-order chi connectivity index (χ1) is 6.09. The fraction of sp³-hybridized carbons (Fsp3) is 0.222. The Balaban J connectivity index is 0.00000169. The van der Waals surface area contributed by atoms with E-state index in [1.807, 2.05) is 0 Å². The summed E-state index contributed by atoms with van der Waals surface area (Å²) in [5, 5.41) is 17.5. The minimum absolute atomic E-state index is 0. The van der Waals surface area contributed by atoms with Gasteiger partial charge in [0.2, 0.25) is 0 Å². The van der Waals surface area contributed by atoms with Crippen LogP contribution < -0.4 is 5.73 Å². The molecule has 1 rings (SSSR count). The molecule has 0 aliphatic heterocycles. The minimum Gasteiger partial charge on any atom is -0.508 e. The molecule has 0 bridgehead atoms. The van der Waals surface area contributed by atoms with Gasteiger partial charge in [-0.15, -0.1) is 0 Å². The van der Waals surface area contributed by atoms with Gasteiger partial charge >= 0.3 is 5.97 Å². The van der Waals surface area contributed by atoms with E-state index in [0.29, 0.717) is 0 Å². The van der Waals surface area contributed by atoms with Gasteiger partial charge in [0.05, 0.1) is 0 Å². The number of aromatic hydroxyl groups is 1. The molecule has 1 aromatic rings. The number of carboxylic acids is 1. The Morgan fingerprint density at radius 1 is 1.36 bits per heavy atom.